The average Bonchev–Trinajstić information content (AvgIpc) is 3.22. The molecule has 0 fully saturated rings. The van der Waals surface area contributed by atoms with E-state index in [9.17, 15) is 8.42 Å². The Labute approximate surface area is 193 Å². The van der Waals surface area contributed by atoms with Crippen molar-refractivity contribution in [1.29, 1.82) is 0 Å². The number of hydrogen-bond acceptors (Lipinski definition) is 5. The van der Waals surface area contributed by atoms with Gasteiger partial charge in [-0.05, 0) is 54.2 Å². The molecule has 7 nitrogen and oxygen atoms in total. The molecule has 2 atom stereocenters. The van der Waals surface area contributed by atoms with Gasteiger partial charge in [0.15, 0.2) is 5.03 Å². The summed E-state index contributed by atoms with van der Waals surface area (Å²) in [4.78, 5) is 3.88. The molecule has 2 aromatic carbocycles. The van der Waals surface area contributed by atoms with Gasteiger partial charge in [0, 0.05) is 36.8 Å². The van der Waals surface area contributed by atoms with E-state index in [0.717, 1.165) is 29.8 Å². The molecule has 0 radical (unpaired) electrons. The van der Waals surface area contributed by atoms with Gasteiger partial charge in [-0.1, -0.05) is 35.9 Å². The first-order chi connectivity index (χ1) is 15.3. The summed E-state index contributed by atoms with van der Waals surface area (Å²) in [7, 11) is -1.94. The minimum absolute atomic E-state index is 0.00909. The number of sulfonamides is 1. The molecule has 0 saturated carbocycles. The van der Waals surface area contributed by atoms with Crippen LogP contribution in [-0.2, 0) is 29.9 Å². The Morgan fingerprint density at radius 3 is 2.84 bits per heavy atom. The molecule has 3 N–H and O–H groups in total. The Balaban J connectivity index is 1.42. The highest BCUT2D eigenvalue weighted by Gasteiger charge is 2.28. The first-order valence-corrected chi connectivity index (χ1v) is 12.4. The molecular formula is C23H27ClN4O3S. The highest BCUT2D eigenvalue weighted by Crippen LogP contribution is 2.36. The molecule has 0 spiro atoms. The predicted octanol–water partition coefficient (Wildman–Crippen LogP) is 3.03. The van der Waals surface area contributed by atoms with Crippen molar-refractivity contribution in [2.45, 2.75) is 36.2 Å². The van der Waals surface area contributed by atoms with Gasteiger partial charge in [-0.15, -0.1) is 0 Å². The van der Waals surface area contributed by atoms with Crippen molar-refractivity contribution >= 4 is 21.6 Å². The number of nitrogens with two attached hydrogens (primary N) is 1. The van der Waals surface area contributed by atoms with E-state index in [0.29, 0.717) is 5.75 Å². The molecule has 1 aromatic heterocycles. The van der Waals surface area contributed by atoms with E-state index in [4.69, 9.17) is 22.1 Å². The maximum absolute atomic E-state index is 12.3. The lowest BCUT2D eigenvalue weighted by Gasteiger charge is -2.32. The fraction of sp³-hybridized carbons (Fsp3) is 0.348. The van der Waals surface area contributed by atoms with Gasteiger partial charge in [0.05, 0.1) is 6.33 Å². The monoisotopic (exact) mass is 474 g/mol. The molecular weight excluding hydrogens is 448 g/mol. The summed E-state index contributed by atoms with van der Waals surface area (Å²) in [5.41, 5.74) is 10.0. The summed E-state index contributed by atoms with van der Waals surface area (Å²) in [6.07, 6.45) is 5.52. The van der Waals surface area contributed by atoms with Gasteiger partial charge in [-0.25, -0.2) is 18.1 Å². The van der Waals surface area contributed by atoms with Crippen LogP contribution in [0.2, 0.25) is 5.02 Å². The van der Waals surface area contributed by atoms with Crippen molar-refractivity contribution in [3.63, 3.8) is 0 Å². The molecule has 0 bridgehead atoms. The van der Waals surface area contributed by atoms with Crippen LogP contribution in [0, 0.1) is 0 Å². The summed E-state index contributed by atoms with van der Waals surface area (Å²) >= 11 is 6.39. The number of aryl methyl sites for hydroxylation is 2. The van der Waals surface area contributed by atoms with Crippen molar-refractivity contribution in [3.05, 3.63) is 76.7 Å². The minimum atomic E-state index is -3.65. The zero-order valence-corrected chi connectivity index (χ0v) is 19.4. The number of imidazole rings is 1. The molecule has 9 heteroatoms. The lowest BCUT2D eigenvalue weighted by molar-refractivity contribution is 0.321. The van der Waals surface area contributed by atoms with Gasteiger partial charge in [-0.3, -0.25) is 0 Å². The molecule has 0 unspecified atom stereocenters. The third kappa shape index (κ3) is 5.15. The Hall–Kier alpha value is -2.39. The number of hydrogen-bond donors (Lipinski definition) is 2. The number of benzene rings is 2. The van der Waals surface area contributed by atoms with Crippen molar-refractivity contribution in [2.75, 3.05) is 13.2 Å². The predicted molar refractivity (Wildman–Crippen MR) is 125 cm³/mol. The molecule has 0 aliphatic heterocycles. The Morgan fingerprint density at radius 2 is 2.09 bits per heavy atom. The number of aromatic nitrogens is 2. The van der Waals surface area contributed by atoms with E-state index in [1.54, 1.807) is 11.6 Å². The Kier molecular flexibility index (Phi) is 6.85. The smallest absolute Gasteiger partial charge is 0.259 e. The van der Waals surface area contributed by atoms with E-state index in [1.807, 2.05) is 36.4 Å². The van der Waals surface area contributed by atoms with Gasteiger partial charge in [0.2, 0.25) is 0 Å². The van der Waals surface area contributed by atoms with E-state index in [1.165, 1.54) is 23.7 Å². The lowest BCUT2D eigenvalue weighted by Crippen LogP contribution is -2.34. The number of rotatable bonds is 8. The summed E-state index contributed by atoms with van der Waals surface area (Å²) in [5.74, 6) is 0.837. The topological polar surface area (TPSA) is 99.2 Å². The zero-order valence-electron chi connectivity index (χ0n) is 17.9. The SMILES string of the molecule is Cn1cnc(S(=O)(=O)NCCOc2ccc3c(c2)[C@@H](Cc2ccccc2Cl)[C@@H](N)CC3)c1. The summed E-state index contributed by atoms with van der Waals surface area (Å²) < 4.78 is 34.5. The van der Waals surface area contributed by atoms with E-state index in [-0.39, 0.29) is 30.1 Å². The fourth-order valence-electron chi connectivity index (χ4n) is 4.10. The third-order valence-electron chi connectivity index (χ3n) is 5.80. The number of fused-ring (bicyclic) bond motifs is 1. The second-order valence-corrected chi connectivity index (χ2v) is 10.2. The maximum atomic E-state index is 12.3. The third-order valence-corrected chi connectivity index (χ3v) is 7.51. The molecule has 170 valence electrons. The van der Waals surface area contributed by atoms with Gasteiger partial charge in [-0.2, -0.15) is 0 Å². The molecule has 1 aliphatic rings. The van der Waals surface area contributed by atoms with E-state index < -0.39 is 10.0 Å². The second kappa shape index (κ2) is 9.62. The summed E-state index contributed by atoms with van der Waals surface area (Å²) in [5, 5.41) is 0.740. The molecule has 0 saturated heterocycles. The van der Waals surface area contributed by atoms with Gasteiger partial charge < -0.3 is 15.0 Å². The van der Waals surface area contributed by atoms with Gasteiger partial charge in [0.25, 0.3) is 10.0 Å². The maximum Gasteiger partial charge on any atom is 0.259 e. The highest BCUT2D eigenvalue weighted by atomic mass is 35.5. The van der Waals surface area contributed by atoms with Crippen LogP contribution in [0.3, 0.4) is 0 Å². The number of nitrogens with one attached hydrogen (secondary N) is 1. The number of ether oxygens (including phenoxy) is 1. The van der Waals surface area contributed by atoms with Crippen LogP contribution in [0.5, 0.6) is 5.75 Å². The molecule has 4 rings (SSSR count). The van der Waals surface area contributed by atoms with E-state index in [2.05, 4.69) is 15.8 Å². The zero-order chi connectivity index (χ0) is 22.7. The van der Waals surface area contributed by atoms with Crippen LogP contribution >= 0.6 is 11.6 Å². The number of nitrogens with zero attached hydrogens (tertiary/aromatic N) is 2. The standard InChI is InChI=1S/C23H27ClN4O3S/c1-28-14-23(26-15-28)32(29,30)27-10-11-31-18-8-6-16-7-9-22(25)20(19(16)13-18)12-17-4-2-3-5-21(17)24/h2-6,8,13-15,20,22,27H,7,9-12,25H2,1H3/t20-,22+/m1/s1. The van der Waals surface area contributed by atoms with E-state index >= 15 is 0 Å². The van der Waals surface area contributed by atoms with Crippen LogP contribution in [0.1, 0.15) is 29.0 Å². The molecule has 32 heavy (non-hydrogen) atoms. The quantitative estimate of drug-likeness (QED) is 0.489. The lowest BCUT2D eigenvalue weighted by atomic mass is 9.76. The second-order valence-electron chi connectivity index (χ2n) is 8.09. The minimum Gasteiger partial charge on any atom is -0.492 e. The normalized spacial score (nSPS) is 18.3. The van der Waals surface area contributed by atoms with Crippen LogP contribution in [-0.4, -0.2) is 37.2 Å². The average molecular weight is 475 g/mol. The van der Waals surface area contributed by atoms with Crippen LogP contribution < -0.4 is 15.2 Å². The number of halogens is 1. The Morgan fingerprint density at radius 1 is 1.28 bits per heavy atom. The van der Waals surface area contributed by atoms with Crippen LogP contribution in [0.4, 0.5) is 0 Å². The first kappa shape index (κ1) is 22.8. The van der Waals surface area contributed by atoms with Gasteiger partial charge >= 0.3 is 0 Å². The molecule has 3 aromatic rings. The summed E-state index contributed by atoms with van der Waals surface area (Å²) in [6, 6.07) is 13.9. The molecule has 1 heterocycles. The first-order valence-electron chi connectivity index (χ1n) is 10.6. The van der Waals surface area contributed by atoms with Crippen LogP contribution in [0.25, 0.3) is 0 Å². The van der Waals surface area contributed by atoms with Crippen molar-refractivity contribution in [3.8, 4) is 5.75 Å². The molecule has 1 aliphatic carbocycles. The van der Waals surface area contributed by atoms with Crippen LogP contribution in [0.15, 0.2) is 60.0 Å². The van der Waals surface area contributed by atoms with Crippen molar-refractivity contribution in [1.82, 2.24) is 14.3 Å². The van der Waals surface area contributed by atoms with Crippen molar-refractivity contribution < 1.29 is 13.2 Å². The van der Waals surface area contributed by atoms with Gasteiger partial charge in [0.1, 0.15) is 12.4 Å². The summed E-state index contributed by atoms with van der Waals surface area (Å²) in [6.45, 7) is 0.338. The fourth-order valence-corrected chi connectivity index (χ4v) is 5.30. The Bertz CT molecular complexity index is 1200. The molecule has 0 amide bonds. The highest BCUT2D eigenvalue weighted by molar-refractivity contribution is 7.89. The largest absolute Gasteiger partial charge is 0.492 e. The van der Waals surface area contributed by atoms with Crippen molar-refractivity contribution in [2.24, 2.45) is 12.8 Å².